The third-order valence-corrected chi connectivity index (χ3v) is 2.46. The van der Waals surface area contributed by atoms with Gasteiger partial charge >= 0.3 is 0 Å². The lowest BCUT2D eigenvalue weighted by molar-refractivity contribution is 0.722. The molecule has 2 rings (SSSR count). The molecule has 0 aliphatic heterocycles. The molecule has 0 aliphatic rings. The number of nitrogens with one attached hydrogen (secondary N) is 1. The third kappa shape index (κ3) is 2.16. The van der Waals surface area contributed by atoms with Gasteiger partial charge in [-0.1, -0.05) is 12.1 Å². The minimum absolute atomic E-state index is 0.0817. The van der Waals surface area contributed by atoms with Gasteiger partial charge < -0.3 is 9.83 Å². The van der Waals surface area contributed by atoms with Crippen LogP contribution in [-0.4, -0.2) is 16.0 Å². The lowest BCUT2D eigenvalue weighted by Gasteiger charge is -1.95. The molecule has 1 aromatic heterocycles. The Labute approximate surface area is 89.0 Å². The summed E-state index contributed by atoms with van der Waals surface area (Å²) in [5.41, 5.74) is 2.07. The molecule has 0 radical (unpaired) electrons. The second-order valence-electron chi connectivity index (χ2n) is 3.72. The molecule has 15 heavy (non-hydrogen) atoms. The molecular weight excluding hydrogens is 186 g/mol. The topological polar surface area (TPSA) is 33.0 Å². The van der Waals surface area contributed by atoms with E-state index in [0.29, 0.717) is 0 Å². The predicted octanol–water partition coefficient (Wildman–Crippen LogP) is 2.80. The molecule has 1 unspecified atom stereocenters. The van der Waals surface area contributed by atoms with Gasteiger partial charge in [0.25, 0.3) is 0 Å². The number of nitrogens with zero attached hydrogens (tertiary/aromatic N) is 2. The standard InChI is InChI=1S/C12H13N3/c1-9(13-2)7-8-12-14-10-5-3-4-6-11(10)15-12/h3-6,9H,7-8H2,1H3,(H,14,15). The van der Waals surface area contributed by atoms with Gasteiger partial charge in [-0.15, -0.1) is 0 Å². The van der Waals surface area contributed by atoms with Crippen molar-refractivity contribution in [3.63, 3.8) is 0 Å². The molecule has 0 spiro atoms. The summed E-state index contributed by atoms with van der Waals surface area (Å²) in [6.45, 7) is 8.82. The molecule has 76 valence electrons. The zero-order valence-electron chi connectivity index (χ0n) is 8.70. The van der Waals surface area contributed by atoms with Crippen molar-refractivity contribution in [2.75, 3.05) is 0 Å². The van der Waals surface area contributed by atoms with Crippen molar-refractivity contribution in [1.29, 1.82) is 0 Å². The summed E-state index contributed by atoms with van der Waals surface area (Å²) in [5, 5.41) is 0. The number of benzene rings is 1. The molecule has 1 aromatic carbocycles. The summed E-state index contributed by atoms with van der Waals surface area (Å²) in [4.78, 5) is 11.2. The second-order valence-corrected chi connectivity index (χ2v) is 3.72. The van der Waals surface area contributed by atoms with Crippen LogP contribution >= 0.6 is 0 Å². The number of para-hydroxylation sites is 2. The zero-order valence-corrected chi connectivity index (χ0v) is 8.70. The molecule has 0 bridgehead atoms. The first-order chi connectivity index (χ1) is 7.29. The normalized spacial score (nSPS) is 12.5. The number of imidazole rings is 1. The van der Waals surface area contributed by atoms with Gasteiger partial charge in [-0.05, 0) is 12.1 Å². The zero-order chi connectivity index (χ0) is 10.7. The maximum Gasteiger partial charge on any atom is 0.221 e. The lowest BCUT2D eigenvalue weighted by Crippen LogP contribution is -1.98. The van der Waals surface area contributed by atoms with Crippen LogP contribution in [0.4, 0.5) is 0 Å². The average Bonchev–Trinajstić information content (AvgIpc) is 2.68. The first-order valence-electron chi connectivity index (χ1n) is 5.10. The fourth-order valence-electron chi connectivity index (χ4n) is 1.53. The monoisotopic (exact) mass is 199 g/mol. The Morgan fingerprint density at radius 3 is 3.00 bits per heavy atom. The average molecular weight is 199 g/mol. The number of aromatic nitrogens is 2. The van der Waals surface area contributed by atoms with E-state index in [2.05, 4.69) is 14.8 Å². The smallest absolute Gasteiger partial charge is 0.221 e. The summed E-state index contributed by atoms with van der Waals surface area (Å²) in [5.74, 6) is 0.978. The van der Waals surface area contributed by atoms with E-state index in [4.69, 9.17) is 6.57 Å². The van der Waals surface area contributed by atoms with E-state index in [1.165, 1.54) is 0 Å². The molecule has 0 fully saturated rings. The van der Waals surface area contributed by atoms with E-state index in [-0.39, 0.29) is 6.04 Å². The van der Waals surface area contributed by atoms with Crippen molar-refractivity contribution in [2.45, 2.75) is 25.8 Å². The third-order valence-electron chi connectivity index (χ3n) is 2.46. The summed E-state index contributed by atoms with van der Waals surface area (Å²) >= 11 is 0. The minimum Gasteiger partial charge on any atom is -0.342 e. The van der Waals surface area contributed by atoms with Crippen LogP contribution in [0.2, 0.25) is 0 Å². The SMILES string of the molecule is [C-]#[N+]C(C)CCc1nc2ccccc2[nH]1. The number of hydrogen-bond acceptors (Lipinski definition) is 1. The highest BCUT2D eigenvalue weighted by molar-refractivity contribution is 5.74. The van der Waals surface area contributed by atoms with Crippen LogP contribution in [0, 0.1) is 6.57 Å². The maximum atomic E-state index is 6.88. The second kappa shape index (κ2) is 4.14. The van der Waals surface area contributed by atoms with Crippen molar-refractivity contribution in [3.8, 4) is 0 Å². The fourth-order valence-corrected chi connectivity index (χ4v) is 1.53. The van der Waals surface area contributed by atoms with Crippen molar-refractivity contribution in [3.05, 3.63) is 41.5 Å². The number of H-pyrrole nitrogens is 1. The number of aryl methyl sites for hydroxylation is 1. The van der Waals surface area contributed by atoms with Gasteiger partial charge in [0.1, 0.15) is 5.82 Å². The first-order valence-corrected chi connectivity index (χ1v) is 5.10. The van der Waals surface area contributed by atoms with Gasteiger partial charge in [0.05, 0.1) is 11.0 Å². The first kappa shape index (κ1) is 9.72. The highest BCUT2D eigenvalue weighted by atomic mass is 14.9. The van der Waals surface area contributed by atoms with Crippen molar-refractivity contribution < 1.29 is 0 Å². The summed E-state index contributed by atoms with van der Waals surface area (Å²) in [7, 11) is 0. The maximum absolute atomic E-state index is 6.88. The van der Waals surface area contributed by atoms with E-state index in [9.17, 15) is 0 Å². The fraction of sp³-hybridized carbons (Fsp3) is 0.333. The molecule has 0 saturated carbocycles. The number of fused-ring (bicyclic) bond motifs is 1. The Kier molecular flexibility index (Phi) is 2.68. The Hall–Kier alpha value is -1.82. The van der Waals surface area contributed by atoms with Crippen LogP contribution in [0.15, 0.2) is 24.3 Å². The molecule has 2 aromatic rings. The molecule has 1 heterocycles. The summed E-state index contributed by atoms with van der Waals surface area (Å²) < 4.78 is 0. The molecule has 0 amide bonds. The molecule has 3 heteroatoms. The minimum atomic E-state index is 0.0817. The van der Waals surface area contributed by atoms with Crippen LogP contribution in [0.5, 0.6) is 0 Å². The summed E-state index contributed by atoms with van der Waals surface area (Å²) in [6.07, 6.45) is 1.71. The predicted molar refractivity (Wildman–Crippen MR) is 60.5 cm³/mol. The van der Waals surface area contributed by atoms with Gasteiger partial charge in [0, 0.05) is 19.8 Å². The Balaban J connectivity index is 2.13. The van der Waals surface area contributed by atoms with Gasteiger partial charge in [0.2, 0.25) is 6.04 Å². The van der Waals surface area contributed by atoms with Gasteiger partial charge in [-0.25, -0.2) is 11.6 Å². The molecule has 1 atom stereocenters. The van der Waals surface area contributed by atoms with E-state index in [1.54, 1.807) is 0 Å². The van der Waals surface area contributed by atoms with Crippen molar-refractivity contribution >= 4 is 11.0 Å². The van der Waals surface area contributed by atoms with Crippen LogP contribution < -0.4 is 0 Å². The molecule has 1 N–H and O–H groups in total. The van der Waals surface area contributed by atoms with E-state index < -0.39 is 0 Å². The van der Waals surface area contributed by atoms with E-state index >= 15 is 0 Å². The van der Waals surface area contributed by atoms with Crippen molar-refractivity contribution in [2.24, 2.45) is 0 Å². The van der Waals surface area contributed by atoms with Gasteiger partial charge in [0.15, 0.2) is 0 Å². The quantitative estimate of drug-likeness (QED) is 0.757. The Morgan fingerprint density at radius 2 is 2.27 bits per heavy atom. The van der Waals surface area contributed by atoms with Gasteiger partial charge in [-0.2, -0.15) is 0 Å². The van der Waals surface area contributed by atoms with Gasteiger partial charge in [-0.3, -0.25) is 0 Å². The largest absolute Gasteiger partial charge is 0.342 e. The van der Waals surface area contributed by atoms with Crippen LogP contribution in [0.25, 0.3) is 15.9 Å². The highest BCUT2D eigenvalue weighted by Crippen LogP contribution is 2.12. The molecule has 0 saturated heterocycles. The number of aromatic amines is 1. The van der Waals surface area contributed by atoms with E-state index in [0.717, 1.165) is 29.7 Å². The van der Waals surface area contributed by atoms with Crippen LogP contribution in [-0.2, 0) is 6.42 Å². The van der Waals surface area contributed by atoms with Crippen LogP contribution in [0.1, 0.15) is 19.2 Å². The molecular formula is C12H13N3. The highest BCUT2D eigenvalue weighted by Gasteiger charge is 2.07. The van der Waals surface area contributed by atoms with Crippen LogP contribution in [0.3, 0.4) is 0 Å². The summed E-state index contributed by atoms with van der Waals surface area (Å²) in [6, 6.07) is 8.07. The molecule has 3 nitrogen and oxygen atoms in total. The number of rotatable bonds is 3. The molecule has 0 aliphatic carbocycles. The number of hydrogen-bond donors (Lipinski definition) is 1. The Morgan fingerprint density at radius 1 is 1.47 bits per heavy atom. The van der Waals surface area contributed by atoms with E-state index in [1.807, 2.05) is 31.2 Å². The Bertz CT molecular complexity index is 460. The lowest BCUT2D eigenvalue weighted by atomic mass is 10.2. The van der Waals surface area contributed by atoms with Crippen molar-refractivity contribution in [1.82, 2.24) is 9.97 Å².